The molecule has 4 nitrogen and oxygen atoms in total. The van der Waals surface area contributed by atoms with Crippen molar-refractivity contribution in [3.05, 3.63) is 35.9 Å². The first-order valence-corrected chi connectivity index (χ1v) is 4.62. The molecule has 1 heterocycles. The van der Waals surface area contributed by atoms with Crippen LogP contribution in [0.2, 0.25) is 0 Å². The zero-order valence-corrected chi connectivity index (χ0v) is 7.81. The number of carbonyl (C=O) groups is 1. The zero-order chi connectivity index (χ0) is 9.97. The van der Waals surface area contributed by atoms with E-state index in [1.807, 2.05) is 30.3 Å². The van der Waals surface area contributed by atoms with Gasteiger partial charge in [0, 0.05) is 0 Å². The largest absolute Gasteiger partial charge is 0.332 e. The SMILES string of the molecule is NN1CC(Cc2ccccc2)NC1=O. The normalized spacial score (nSPS) is 21.1. The molecule has 0 radical (unpaired) electrons. The summed E-state index contributed by atoms with van der Waals surface area (Å²) in [5.74, 6) is 5.44. The average molecular weight is 191 g/mol. The summed E-state index contributed by atoms with van der Waals surface area (Å²) >= 11 is 0. The van der Waals surface area contributed by atoms with Crippen LogP contribution in [-0.2, 0) is 6.42 Å². The number of nitrogens with one attached hydrogen (secondary N) is 1. The Hall–Kier alpha value is -1.55. The van der Waals surface area contributed by atoms with Gasteiger partial charge in [-0.3, -0.25) is 5.01 Å². The second kappa shape index (κ2) is 3.67. The molecule has 2 rings (SSSR count). The Morgan fingerprint density at radius 1 is 1.43 bits per heavy atom. The highest BCUT2D eigenvalue weighted by Crippen LogP contribution is 2.07. The van der Waals surface area contributed by atoms with Crippen molar-refractivity contribution in [1.29, 1.82) is 0 Å². The Kier molecular flexibility index (Phi) is 2.37. The lowest BCUT2D eigenvalue weighted by Crippen LogP contribution is -2.34. The Morgan fingerprint density at radius 3 is 2.71 bits per heavy atom. The van der Waals surface area contributed by atoms with Gasteiger partial charge in [-0.15, -0.1) is 0 Å². The minimum Gasteiger partial charge on any atom is -0.332 e. The molecule has 2 amide bonds. The molecule has 1 atom stereocenters. The number of nitrogens with two attached hydrogens (primary N) is 1. The highest BCUT2D eigenvalue weighted by molar-refractivity contribution is 5.76. The molecule has 0 aromatic heterocycles. The summed E-state index contributed by atoms with van der Waals surface area (Å²) in [4.78, 5) is 11.1. The van der Waals surface area contributed by atoms with Crippen LogP contribution in [0.1, 0.15) is 5.56 Å². The molecule has 0 bridgehead atoms. The number of carbonyl (C=O) groups excluding carboxylic acids is 1. The molecule has 1 aliphatic rings. The minimum atomic E-state index is -0.189. The van der Waals surface area contributed by atoms with Crippen LogP contribution >= 0.6 is 0 Å². The molecule has 1 saturated heterocycles. The van der Waals surface area contributed by atoms with Crippen LogP contribution in [0.25, 0.3) is 0 Å². The van der Waals surface area contributed by atoms with Crippen LogP contribution in [0.15, 0.2) is 30.3 Å². The molecule has 14 heavy (non-hydrogen) atoms. The highest BCUT2D eigenvalue weighted by Gasteiger charge is 2.25. The number of urea groups is 1. The number of hydrogen-bond acceptors (Lipinski definition) is 2. The van der Waals surface area contributed by atoms with Gasteiger partial charge in [0.2, 0.25) is 0 Å². The van der Waals surface area contributed by atoms with E-state index in [9.17, 15) is 4.79 Å². The van der Waals surface area contributed by atoms with Gasteiger partial charge in [-0.05, 0) is 12.0 Å². The minimum absolute atomic E-state index is 0.134. The van der Waals surface area contributed by atoms with Gasteiger partial charge < -0.3 is 5.32 Å². The van der Waals surface area contributed by atoms with Gasteiger partial charge in [0.15, 0.2) is 0 Å². The summed E-state index contributed by atoms with van der Waals surface area (Å²) in [7, 11) is 0. The van der Waals surface area contributed by atoms with Crippen LogP contribution in [-0.4, -0.2) is 23.6 Å². The van der Waals surface area contributed by atoms with E-state index in [0.29, 0.717) is 6.54 Å². The molecule has 1 aromatic carbocycles. The van der Waals surface area contributed by atoms with Crippen LogP contribution in [0.4, 0.5) is 4.79 Å². The number of benzene rings is 1. The van der Waals surface area contributed by atoms with E-state index >= 15 is 0 Å². The molecular weight excluding hydrogens is 178 g/mol. The number of rotatable bonds is 2. The van der Waals surface area contributed by atoms with Crippen molar-refractivity contribution in [1.82, 2.24) is 10.3 Å². The van der Waals surface area contributed by atoms with Crippen molar-refractivity contribution in [2.45, 2.75) is 12.5 Å². The van der Waals surface area contributed by atoms with E-state index < -0.39 is 0 Å². The number of hydrogen-bond donors (Lipinski definition) is 2. The molecule has 0 saturated carbocycles. The summed E-state index contributed by atoms with van der Waals surface area (Å²) in [6.45, 7) is 0.577. The summed E-state index contributed by atoms with van der Waals surface area (Å²) in [5.41, 5.74) is 1.22. The predicted molar refractivity (Wildman–Crippen MR) is 53.4 cm³/mol. The van der Waals surface area contributed by atoms with Crippen molar-refractivity contribution in [3.8, 4) is 0 Å². The summed E-state index contributed by atoms with van der Waals surface area (Å²) in [6.07, 6.45) is 0.834. The summed E-state index contributed by atoms with van der Waals surface area (Å²) < 4.78 is 0. The van der Waals surface area contributed by atoms with E-state index in [1.54, 1.807) is 0 Å². The quantitative estimate of drug-likeness (QED) is 0.528. The van der Waals surface area contributed by atoms with Gasteiger partial charge in [-0.25, -0.2) is 10.6 Å². The predicted octanol–water partition coefficient (Wildman–Crippen LogP) is 0.497. The summed E-state index contributed by atoms with van der Waals surface area (Å²) in [6, 6.07) is 10.0. The van der Waals surface area contributed by atoms with Crippen LogP contribution in [0.3, 0.4) is 0 Å². The molecule has 74 valence electrons. The third-order valence-electron chi connectivity index (χ3n) is 2.33. The van der Waals surface area contributed by atoms with Crippen molar-refractivity contribution in [3.63, 3.8) is 0 Å². The molecule has 1 unspecified atom stereocenters. The molecule has 3 N–H and O–H groups in total. The van der Waals surface area contributed by atoms with E-state index in [2.05, 4.69) is 5.32 Å². The number of hydrazine groups is 1. The Morgan fingerprint density at radius 2 is 2.14 bits per heavy atom. The molecule has 4 heteroatoms. The number of nitrogens with zero attached hydrogens (tertiary/aromatic N) is 1. The molecular formula is C10H13N3O. The lowest BCUT2D eigenvalue weighted by molar-refractivity contribution is 0.218. The van der Waals surface area contributed by atoms with Crippen LogP contribution in [0.5, 0.6) is 0 Å². The molecule has 1 aliphatic heterocycles. The van der Waals surface area contributed by atoms with E-state index in [0.717, 1.165) is 6.42 Å². The Balaban J connectivity index is 1.97. The molecule has 0 spiro atoms. The van der Waals surface area contributed by atoms with Gasteiger partial charge in [-0.2, -0.15) is 0 Å². The maximum Gasteiger partial charge on any atom is 0.331 e. The van der Waals surface area contributed by atoms with Gasteiger partial charge in [0.05, 0.1) is 12.6 Å². The van der Waals surface area contributed by atoms with Gasteiger partial charge in [0.1, 0.15) is 0 Å². The average Bonchev–Trinajstić information content (AvgIpc) is 2.47. The first-order valence-electron chi connectivity index (χ1n) is 4.62. The maximum absolute atomic E-state index is 11.1. The van der Waals surface area contributed by atoms with Crippen molar-refractivity contribution >= 4 is 6.03 Å². The Bertz CT molecular complexity index is 325. The van der Waals surface area contributed by atoms with Crippen molar-refractivity contribution < 1.29 is 4.79 Å². The smallest absolute Gasteiger partial charge is 0.331 e. The topological polar surface area (TPSA) is 58.4 Å². The van der Waals surface area contributed by atoms with Gasteiger partial charge in [-0.1, -0.05) is 30.3 Å². The van der Waals surface area contributed by atoms with E-state index in [4.69, 9.17) is 5.84 Å². The third-order valence-corrected chi connectivity index (χ3v) is 2.33. The van der Waals surface area contributed by atoms with E-state index in [1.165, 1.54) is 10.6 Å². The zero-order valence-electron chi connectivity index (χ0n) is 7.81. The second-order valence-corrected chi connectivity index (χ2v) is 3.49. The second-order valence-electron chi connectivity index (χ2n) is 3.49. The molecule has 1 aromatic rings. The first-order chi connectivity index (χ1) is 6.75. The summed E-state index contributed by atoms with van der Waals surface area (Å²) in [5, 5.41) is 4.03. The van der Waals surface area contributed by atoms with E-state index in [-0.39, 0.29) is 12.1 Å². The van der Waals surface area contributed by atoms with Crippen molar-refractivity contribution in [2.75, 3.05) is 6.54 Å². The van der Waals surface area contributed by atoms with Gasteiger partial charge in [0.25, 0.3) is 0 Å². The lowest BCUT2D eigenvalue weighted by Gasteiger charge is -2.08. The highest BCUT2D eigenvalue weighted by atomic mass is 16.2. The maximum atomic E-state index is 11.1. The van der Waals surface area contributed by atoms with Crippen LogP contribution in [0, 0.1) is 0 Å². The molecule has 1 fully saturated rings. The van der Waals surface area contributed by atoms with Gasteiger partial charge >= 0.3 is 6.03 Å². The van der Waals surface area contributed by atoms with Crippen LogP contribution < -0.4 is 11.2 Å². The lowest BCUT2D eigenvalue weighted by atomic mass is 10.1. The number of amides is 2. The molecule has 0 aliphatic carbocycles. The standard InChI is InChI=1S/C10H13N3O/c11-13-7-9(12-10(13)14)6-8-4-2-1-3-5-8/h1-5,9H,6-7,11H2,(H,12,14). The fourth-order valence-corrected chi connectivity index (χ4v) is 1.64. The first kappa shape index (κ1) is 9.02. The third kappa shape index (κ3) is 1.85. The monoisotopic (exact) mass is 191 g/mol. The Labute approximate surface area is 82.7 Å². The van der Waals surface area contributed by atoms with Crippen molar-refractivity contribution in [2.24, 2.45) is 5.84 Å². The fourth-order valence-electron chi connectivity index (χ4n) is 1.64. The fraction of sp³-hybridized carbons (Fsp3) is 0.300.